The second-order valence-electron chi connectivity index (χ2n) is 5.11. The molecule has 1 unspecified atom stereocenters. The van der Waals surface area contributed by atoms with Gasteiger partial charge in [0.1, 0.15) is 0 Å². The third kappa shape index (κ3) is 4.52. The summed E-state index contributed by atoms with van der Waals surface area (Å²) in [5.74, 6) is 0.402. The van der Waals surface area contributed by atoms with Crippen LogP contribution in [-0.2, 0) is 4.79 Å². The largest absolute Gasteiger partial charge is 0.352 e. The van der Waals surface area contributed by atoms with E-state index < -0.39 is 0 Å². The van der Waals surface area contributed by atoms with Crippen molar-refractivity contribution in [3.05, 3.63) is 47.5 Å². The Morgan fingerprint density at radius 1 is 1.37 bits per heavy atom. The van der Waals surface area contributed by atoms with Gasteiger partial charge in [0.15, 0.2) is 0 Å². The summed E-state index contributed by atoms with van der Waals surface area (Å²) in [5, 5.41) is 6.29. The molecule has 1 aromatic rings. The molecule has 1 aliphatic heterocycles. The van der Waals surface area contributed by atoms with Crippen LogP contribution in [0, 0.1) is 0 Å². The molecule has 2 N–H and O–H groups in total. The van der Waals surface area contributed by atoms with Crippen LogP contribution < -0.4 is 10.6 Å². The van der Waals surface area contributed by atoms with Gasteiger partial charge >= 0.3 is 0 Å². The molecule has 0 saturated carbocycles. The summed E-state index contributed by atoms with van der Waals surface area (Å²) in [5.41, 5.74) is 2.55. The average molecular weight is 258 g/mol. The highest BCUT2D eigenvalue weighted by Crippen LogP contribution is 2.18. The van der Waals surface area contributed by atoms with Crippen molar-refractivity contribution in [1.29, 1.82) is 0 Å². The molecule has 0 aliphatic carbocycles. The van der Waals surface area contributed by atoms with Crippen molar-refractivity contribution in [2.24, 2.45) is 0 Å². The van der Waals surface area contributed by atoms with Gasteiger partial charge in [-0.25, -0.2) is 0 Å². The first-order valence-electron chi connectivity index (χ1n) is 6.96. The van der Waals surface area contributed by atoms with Gasteiger partial charge in [0.05, 0.1) is 0 Å². The molecular weight excluding hydrogens is 236 g/mol. The van der Waals surface area contributed by atoms with E-state index in [4.69, 9.17) is 0 Å². The van der Waals surface area contributed by atoms with E-state index in [1.165, 1.54) is 11.1 Å². The zero-order chi connectivity index (χ0) is 13.5. The lowest BCUT2D eigenvalue weighted by molar-refractivity contribution is -0.121. The fourth-order valence-corrected chi connectivity index (χ4v) is 2.29. The molecule has 2 rings (SSSR count). The molecular formula is C16H22N2O. The van der Waals surface area contributed by atoms with Crippen LogP contribution in [0.4, 0.5) is 0 Å². The number of amides is 1. The van der Waals surface area contributed by atoms with Gasteiger partial charge in [0, 0.05) is 19.5 Å². The van der Waals surface area contributed by atoms with E-state index in [9.17, 15) is 4.79 Å². The first-order valence-corrected chi connectivity index (χ1v) is 6.96. The second kappa shape index (κ2) is 7.10. The molecule has 102 valence electrons. The maximum absolute atomic E-state index is 11.9. The summed E-state index contributed by atoms with van der Waals surface area (Å²) in [6.45, 7) is 4.73. The number of hydrogen-bond acceptors (Lipinski definition) is 2. The Bertz CT molecular complexity index is 439. The molecule has 0 spiro atoms. The van der Waals surface area contributed by atoms with Gasteiger partial charge in [-0.15, -0.1) is 0 Å². The number of carbonyl (C=O) groups excluding carboxylic acids is 1. The van der Waals surface area contributed by atoms with Crippen LogP contribution in [0.1, 0.15) is 31.2 Å². The van der Waals surface area contributed by atoms with Crippen molar-refractivity contribution in [3.63, 3.8) is 0 Å². The highest BCUT2D eigenvalue weighted by molar-refractivity contribution is 5.77. The van der Waals surface area contributed by atoms with Gasteiger partial charge in [0.2, 0.25) is 5.91 Å². The van der Waals surface area contributed by atoms with Crippen LogP contribution in [-0.4, -0.2) is 25.5 Å². The Kier molecular flexibility index (Phi) is 5.16. The summed E-state index contributed by atoms with van der Waals surface area (Å²) in [4.78, 5) is 11.9. The molecule has 1 atom stereocenters. The number of benzene rings is 1. The fourth-order valence-electron chi connectivity index (χ4n) is 2.29. The van der Waals surface area contributed by atoms with Crippen LogP contribution in [0.5, 0.6) is 0 Å². The monoisotopic (exact) mass is 258 g/mol. The van der Waals surface area contributed by atoms with Crippen molar-refractivity contribution in [1.82, 2.24) is 10.6 Å². The van der Waals surface area contributed by atoms with E-state index in [1.54, 1.807) is 0 Å². The van der Waals surface area contributed by atoms with Gasteiger partial charge in [-0.3, -0.25) is 4.79 Å². The van der Waals surface area contributed by atoms with Crippen molar-refractivity contribution >= 4 is 5.91 Å². The standard InChI is InChI=1S/C16H22N2O/c1-13(15-5-3-2-4-6-15)11-16(19)18-12-14-7-9-17-10-8-14/h2-7,13,17H,8-12H2,1H3,(H,18,19). The summed E-state index contributed by atoms with van der Waals surface area (Å²) in [6, 6.07) is 10.2. The fraction of sp³-hybridized carbons (Fsp3) is 0.438. The van der Waals surface area contributed by atoms with Gasteiger partial charge < -0.3 is 10.6 Å². The molecule has 3 nitrogen and oxygen atoms in total. The van der Waals surface area contributed by atoms with E-state index >= 15 is 0 Å². The lowest BCUT2D eigenvalue weighted by Crippen LogP contribution is -2.30. The van der Waals surface area contributed by atoms with Crippen molar-refractivity contribution < 1.29 is 4.79 Å². The number of rotatable bonds is 5. The van der Waals surface area contributed by atoms with Gasteiger partial charge in [0.25, 0.3) is 0 Å². The van der Waals surface area contributed by atoms with Crippen LogP contribution in [0.25, 0.3) is 0 Å². The molecule has 1 aromatic carbocycles. The third-order valence-electron chi connectivity index (χ3n) is 3.53. The summed E-state index contributed by atoms with van der Waals surface area (Å²) < 4.78 is 0. The van der Waals surface area contributed by atoms with E-state index in [-0.39, 0.29) is 11.8 Å². The summed E-state index contributed by atoms with van der Waals surface area (Å²) in [7, 11) is 0. The molecule has 1 aliphatic rings. The molecule has 3 heteroatoms. The quantitative estimate of drug-likeness (QED) is 0.795. The zero-order valence-corrected chi connectivity index (χ0v) is 11.5. The molecule has 0 bridgehead atoms. The Morgan fingerprint density at radius 2 is 2.16 bits per heavy atom. The normalized spacial score (nSPS) is 16.6. The predicted octanol–water partition coefficient (Wildman–Crippen LogP) is 2.22. The molecule has 1 amide bonds. The van der Waals surface area contributed by atoms with Crippen LogP contribution >= 0.6 is 0 Å². The minimum absolute atomic E-state index is 0.135. The molecule has 19 heavy (non-hydrogen) atoms. The molecule has 0 aromatic heterocycles. The minimum atomic E-state index is 0.135. The van der Waals surface area contributed by atoms with E-state index in [2.05, 4.69) is 35.8 Å². The SMILES string of the molecule is CC(CC(=O)NCC1=CCNCC1)c1ccccc1. The highest BCUT2D eigenvalue weighted by Gasteiger charge is 2.11. The number of carbonyl (C=O) groups is 1. The molecule has 0 saturated heterocycles. The van der Waals surface area contributed by atoms with E-state index in [0.717, 1.165) is 19.5 Å². The van der Waals surface area contributed by atoms with Crippen molar-refractivity contribution in [2.75, 3.05) is 19.6 Å². The molecule has 0 radical (unpaired) electrons. The van der Waals surface area contributed by atoms with Crippen molar-refractivity contribution in [2.45, 2.75) is 25.7 Å². The molecule has 0 fully saturated rings. The Hall–Kier alpha value is -1.61. The zero-order valence-electron chi connectivity index (χ0n) is 11.5. The van der Waals surface area contributed by atoms with Crippen LogP contribution in [0.15, 0.2) is 42.0 Å². The van der Waals surface area contributed by atoms with Crippen LogP contribution in [0.2, 0.25) is 0 Å². The van der Waals surface area contributed by atoms with Gasteiger partial charge in [-0.1, -0.05) is 48.9 Å². The topological polar surface area (TPSA) is 41.1 Å². The third-order valence-corrected chi connectivity index (χ3v) is 3.53. The highest BCUT2D eigenvalue weighted by atomic mass is 16.1. The Labute approximate surface area is 115 Å². The maximum atomic E-state index is 11.9. The first kappa shape index (κ1) is 13.8. The lowest BCUT2D eigenvalue weighted by Gasteiger charge is -2.16. The Balaban J connectivity index is 1.76. The van der Waals surface area contributed by atoms with Gasteiger partial charge in [-0.2, -0.15) is 0 Å². The first-order chi connectivity index (χ1) is 9.25. The lowest BCUT2D eigenvalue weighted by atomic mass is 9.97. The number of hydrogen-bond donors (Lipinski definition) is 2. The van der Waals surface area contributed by atoms with E-state index in [0.29, 0.717) is 13.0 Å². The average Bonchev–Trinajstić information content (AvgIpc) is 2.47. The maximum Gasteiger partial charge on any atom is 0.220 e. The number of nitrogens with one attached hydrogen (secondary N) is 2. The van der Waals surface area contributed by atoms with Crippen LogP contribution in [0.3, 0.4) is 0 Å². The Morgan fingerprint density at radius 3 is 2.84 bits per heavy atom. The predicted molar refractivity (Wildman–Crippen MR) is 78.1 cm³/mol. The molecule has 1 heterocycles. The summed E-state index contributed by atoms with van der Waals surface area (Å²) >= 11 is 0. The smallest absolute Gasteiger partial charge is 0.220 e. The summed E-state index contributed by atoms with van der Waals surface area (Å²) in [6.07, 6.45) is 3.76. The van der Waals surface area contributed by atoms with Gasteiger partial charge in [-0.05, 0) is 24.4 Å². The second-order valence-corrected chi connectivity index (χ2v) is 5.11. The minimum Gasteiger partial charge on any atom is -0.352 e. The van der Waals surface area contributed by atoms with E-state index in [1.807, 2.05) is 18.2 Å². The van der Waals surface area contributed by atoms with Crippen molar-refractivity contribution in [3.8, 4) is 0 Å².